The van der Waals surface area contributed by atoms with Gasteiger partial charge in [0.2, 0.25) is 0 Å². The number of aliphatic hydroxyl groups is 1. The first-order valence-corrected chi connectivity index (χ1v) is 4.30. The lowest BCUT2D eigenvalue weighted by Crippen LogP contribution is -2.10. The van der Waals surface area contributed by atoms with Crippen LogP contribution in [0.4, 0.5) is 0 Å². The molecule has 0 fully saturated rings. The van der Waals surface area contributed by atoms with Gasteiger partial charge < -0.3 is 10.2 Å². The molecule has 2 rings (SSSR count). The second kappa shape index (κ2) is 3.32. The highest BCUT2D eigenvalue weighted by Crippen LogP contribution is 2.18. The third-order valence-electron chi connectivity index (χ3n) is 2.18. The van der Waals surface area contributed by atoms with Crippen molar-refractivity contribution in [2.45, 2.75) is 6.10 Å². The van der Waals surface area contributed by atoms with Crippen molar-refractivity contribution in [2.75, 3.05) is 0 Å². The van der Waals surface area contributed by atoms with Crippen molar-refractivity contribution < 1.29 is 15.0 Å². The maximum atomic E-state index is 10.5. The second-order valence-corrected chi connectivity index (χ2v) is 3.20. The molecular formula is C9H9N3O3. The predicted molar refractivity (Wildman–Crippen MR) is 51.1 cm³/mol. The summed E-state index contributed by atoms with van der Waals surface area (Å²) in [4.78, 5) is 10.5. The summed E-state index contributed by atoms with van der Waals surface area (Å²) in [5.74, 6) is -1.28. The van der Waals surface area contributed by atoms with Crippen LogP contribution in [0.1, 0.15) is 11.7 Å². The maximum Gasteiger partial charge on any atom is 0.337 e. The normalized spacial score (nSPS) is 12.9. The van der Waals surface area contributed by atoms with Gasteiger partial charge in [-0.2, -0.15) is 0 Å². The number of benzene rings is 1. The molecule has 15 heavy (non-hydrogen) atoms. The van der Waals surface area contributed by atoms with E-state index in [4.69, 9.17) is 5.11 Å². The number of fused-ring (bicyclic) bond motifs is 1. The van der Waals surface area contributed by atoms with Gasteiger partial charge >= 0.3 is 5.97 Å². The minimum absolute atomic E-state index is 0.301. The van der Waals surface area contributed by atoms with Crippen molar-refractivity contribution in [1.29, 1.82) is 0 Å². The molecule has 0 radical (unpaired) electrons. The fraction of sp³-hybridized carbons (Fsp3) is 0.222. The van der Waals surface area contributed by atoms with E-state index < -0.39 is 12.1 Å². The summed E-state index contributed by atoms with van der Waals surface area (Å²) >= 11 is 0. The molecule has 2 aromatic rings. The van der Waals surface area contributed by atoms with E-state index in [1.165, 1.54) is 6.07 Å². The molecule has 1 aromatic heterocycles. The van der Waals surface area contributed by atoms with E-state index in [1.807, 2.05) is 0 Å². The molecule has 0 amide bonds. The lowest BCUT2D eigenvalue weighted by Gasteiger charge is -2.04. The minimum atomic E-state index is -1.52. The summed E-state index contributed by atoms with van der Waals surface area (Å²) in [6.45, 7) is 0. The highest BCUT2D eigenvalue weighted by molar-refractivity contribution is 5.79. The summed E-state index contributed by atoms with van der Waals surface area (Å²) in [5, 5.41) is 25.5. The zero-order chi connectivity index (χ0) is 11.0. The zero-order valence-corrected chi connectivity index (χ0v) is 7.95. The largest absolute Gasteiger partial charge is 0.479 e. The number of carboxylic acid groups (broad SMARTS) is 1. The van der Waals surface area contributed by atoms with Gasteiger partial charge in [0, 0.05) is 7.05 Å². The summed E-state index contributed by atoms with van der Waals surface area (Å²) in [7, 11) is 1.74. The Labute approximate surface area is 84.8 Å². The fourth-order valence-corrected chi connectivity index (χ4v) is 1.37. The Morgan fingerprint density at radius 1 is 1.53 bits per heavy atom. The average molecular weight is 207 g/mol. The van der Waals surface area contributed by atoms with Crippen LogP contribution >= 0.6 is 0 Å². The van der Waals surface area contributed by atoms with Crippen molar-refractivity contribution in [1.82, 2.24) is 15.0 Å². The number of aromatic nitrogens is 3. The number of carboxylic acids is 1. The number of aliphatic hydroxyl groups excluding tert-OH is 1. The number of hydrogen-bond acceptors (Lipinski definition) is 4. The van der Waals surface area contributed by atoms with Gasteiger partial charge in [-0.15, -0.1) is 5.10 Å². The fourth-order valence-electron chi connectivity index (χ4n) is 1.37. The monoisotopic (exact) mass is 207 g/mol. The van der Waals surface area contributed by atoms with Crippen LogP contribution in [0, 0.1) is 0 Å². The van der Waals surface area contributed by atoms with Gasteiger partial charge in [-0.25, -0.2) is 9.48 Å². The Morgan fingerprint density at radius 3 is 2.93 bits per heavy atom. The van der Waals surface area contributed by atoms with Gasteiger partial charge in [0.25, 0.3) is 0 Å². The Morgan fingerprint density at radius 2 is 2.27 bits per heavy atom. The number of aryl methyl sites for hydroxylation is 1. The van der Waals surface area contributed by atoms with E-state index in [-0.39, 0.29) is 0 Å². The Kier molecular flexibility index (Phi) is 2.12. The van der Waals surface area contributed by atoms with Crippen LogP contribution in [0.5, 0.6) is 0 Å². The molecule has 0 aliphatic carbocycles. The van der Waals surface area contributed by atoms with Gasteiger partial charge in [0.15, 0.2) is 6.10 Å². The molecule has 6 nitrogen and oxygen atoms in total. The molecule has 78 valence electrons. The summed E-state index contributed by atoms with van der Waals surface area (Å²) < 4.78 is 1.58. The molecule has 0 bridgehead atoms. The third-order valence-corrected chi connectivity index (χ3v) is 2.18. The third kappa shape index (κ3) is 1.55. The molecule has 0 aliphatic heterocycles. The predicted octanol–water partition coefficient (Wildman–Crippen LogP) is 0.0863. The SMILES string of the molecule is Cn1nnc2cc(C(O)C(=O)O)ccc21. The minimum Gasteiger partial charge on any atom is -0.479 e. The Bertz CT molecular complexity index is 520. The summed E-state index contributed by atoms with van der Waals surface area (Å²) in [5.41, 5.74) is 1.65. The van der Waals surface area contributed by atoms with E-state index in [1.54, 1.807) is 23.9 Å². The van der Waals surface area contributed by atoms with Crippen molar-refractivity contribution in [3.05, 3.63) is 23.8 Å². The summed E-state index contributed by atoms with van der Waals surface area (Å²) in [6, 6.07) is 4.74. The first-order chi connectivity index (χ1) is 7.09. The van der Waals surface area contributed by atoms with Crippen LogP contribution in [0.3, 0.4) is 0 Å². The number of carbonyl (C=O) groups is 1. The lowest BCUT2D eigenvalue weighted by atomic mass is 10.1. The molecule has 0 aliphatic rings. The first kappa shape index (κ1) is 9.60. The van der Waals surface area contributed by atoms with Gasteiger partial charge in [-0.3, -0.25) is 0 Å². The Balaban J connectivity index is 2.52. The zero-order valence-electron chi connectivity index (χ0n) is 7.95. The van der Waals surface area contributed by atoms with Crippen LogP contribution in [-0.4, -0.2) is 31.2 Å². The van der Waals surface area contributed by atoms with Crippen molar-refractivity contribution >= 4 is 17.0 Å². The van der Waals surface area contributed by atoms with Crippen LogP contribution in [0.2, 0.25) is 0 Å². The van der Waals surface area contributed by atoms with Crippen LogP contribution in [0.15, 0.2) is 18.2 Å². The topological polar surface area (TPSA) is 88.2 Å². The maximum absolute atomic E-state index is 10.5. The Hall–Kier alpha value is -1.95. The van der Waals surface area contributed by atoms with E-state index >= 15 is 0 Å². The van der Waals surface area contributed by atoms with Crippen molar-refractivity contribution in [3.63, 3.8) is 0 Å². The van der Waals surface area contributed by atoms with Gasteiger partial charge in [-0.05, 0) is 17.7 Å². The van der Waals surface area contributed by atoms with E-state index in [0.29, 0.717) is 11.1 Å². The number of rotatable bonds is 2. The molecule has 1 aromatic carbocycles. The summed E-state index contributed by atoms with van der Waals surface area (Å²) in [6.07, 6.45) is -1.52. The van der Waals surface area contributed by atoms with Gasteiger partial charge in [0.05, 0.1) is 5.52 Å². The van der Waals surface area contributed by atoms with Crippen molar-refractivity contribution in [2.24, 2.45) is 7.05 Å². The molecule has 1 unspecified atom stereocenters. The first-order valence-electron chi connectivity index (χ1n) is 4.30. The quantitative estimate of drug-likeness (QED) is 0.728. The van der Waals surface area contributed by atoms with E-state index in [2.05, 4.69) is 10.3 Å². The van der Waals surface area contributed by atoms with E-state index in [9.17, 15) is 9.90 Å². The number of hydrogen-bond donors (Lipinski definition) is 2. The number of nitrogens with zero attached hydrogens (tertiary/aromatic N) is 3. The average Bonchev–Trinajstić information content (AvgIpc) is 2.59. The molecule has 6 heteroatoms. The molecule has 0 spiro atoms. The molecule has 1 heterocycles. The standard InChI is InChI=1S/C9H9N3O3/c1-12-7-3-2-5(8(13)9(14)15)4-6(7)10-11-12/h2-4,8,13H,1H3,(H,14,15). The molecular weight excluding hydrogens is 198 g/mol. The number of aliphatic carboxylic acids is 1. The van der Waals surface area contributed by atoms with Crippen LogP contribution < -0.4 is 0 Å². The van der Waals surface area contributed by atoms with Crippen LogP contribution in [-0.2, 0) is 11.8 Å². The van der Waals surface area contributed by atoms with Crippen molar-refractivity contribution in [3.8, 4) is 0 Å². The molecule has 1 atom stereocenters. The smallest absolute Gasteiger partial charge is 0.337 e. The highest BCUT2D eigenvalue weighted by atomic mass is 16.4. The van der Waals surface area contributed by atoms with Gasteiger partial charge in [0.1, 0.15) is 5.52 Å². The molecule has 0 saturated carbocycles. The van der Waals surface area contributed by atoms with Gasteiger partial charge in [-0.1, -0.05) is 11.3 Å². The second-order valence-electron chi connectivity index (χ2n) is 3.20. The van der Waals surface area contributed by atoms with E-state index in [0.717, 1.165) is 5.52 Å². The molecule has 0 saturated heterocycles. The van der Waals surface area contributed by atoms with Crippen LogP contribution in [0.25, 0.3) is 11.0 Å². The highest BCUT2D eigenvalue weighted by Gasteiger charge is 2.16. The lowest BCUT2D eigenvalue weighted by molar-refractivity contribution is -0.146. The molecule has 2 N–H and O–H groups in total.